The van der Waals surface area contributed by atoms with E-state index in [2.05, 4.69) is 39.2 Å². The number of piperidine rings is 1. The molecule has 0 unspecified atom stereocenters. The van der Waals surface area contributed by atoms with E-state index < -0.39 is 0 Å². The minimum absolute atomic E-state index is 0.540. The molecule has 1 fully saturated rings. The van der Waals surface area contributed by atoms with E-state index in [4.69, 9.17) is 15.0 Å². The van der Waals surface area contributed by atoms with Gasteiger partial charge in [-0.1, -0.05) is 36.4 Å². The first-order valence-electron chi connectivity index (χ1n) is 11.1. The predicted molar refractivity (Wildman–Crippen MR) is 127 cm³/mol. The lowest BCUT2D eigenvalue weighted by atomic mass is 10.1. The van der Waals surface area contributed by atoms with E-state index in [1.54, 1.807) is 0 Å². The van der Waals surface area contributed by atoms with Gasteiger partial charge >= 0.3 is 0 Å². The molecule has 1 aliphatic rings. The molecule has 0 aliphatic carbocycles. The summed E-state index contributed by atoms with van der Waals surface area (Å²) in [5.41, 5.74) is 3.92. The van der Waals surface area contributed by atoms with Crippen molar-refractivity contribution in [2.45, 2.75) is 33.1 Å². The van der Waals surface area contributed by atoms with Crippen molar-refractivity contribution in [3.8, 4) is 5.95 Å². The van der Waals surface area contributed by atoms with Crippen molar-refractivity contribution in [2.75, 3.05) is 22.9 Å². The Morgan fingerprint density at radius 2 is 1.31 bits per heavy atom. The van der Waals surface area contributed by atoms with Crippen LogP contribution in [-0.2, 0) is 0 Å². The highest BCUT2D eigenvalue weighted by atomic mass is 15.4. The Hall–Kier alpha value is -3.74. The highest BCUT2D eigenvalue weighted by Crippen LogP contribution is 2.33. The highest BCUT2D eigenvalue weighted by molar-refractivity contribution is 5.73. The van der Waals surface area contributed by atoms with Crippen LogP contribution in [0, 0.1) is 13.8 Å². The summed E-state index contributed by atoms with van der Waals surface area (Å²) in [6, 6.07) is 22.5. The first-order valence-corrected chi connectivity index (χ1v) is 11.1. The van der Waals surface area contributed by atoms with Crippen LogP contribution in [0.3, 0.4) is 0 Å². The molecule has 1 aliphatic heterocycles. The van der Waals surface area contributed by atoms with Gasteiger partial charge in [-0.05, 0) is 63.4 Å². The Kier molecular flexibility index (Phi) is 5.54. The van der Waals surface area contributed by atoms with E-state index >= 15 is 0 Å². The van der Waals surface area contributed by atoms with Crippen molar-refractivity contribution in [3.63, 3.8) is 0 Å². The van der Waals surface area contributed by atoms with E-state index in [1.807, 2.05) is 61.0 Å². The summed E-state index contributed by atoms with van der Waals surface area (Å²) in [7, 11) is 0. The Bertz CT molecular complexity index is 1140. The fraction of sp³-hybridized carbons (Fsp3) is 0.280. The number of anilines is 4. The van der Waals surface area contributed by atoms with Crippen molar-refractivity contribution in [1.82, 2.24) is 24.7 Å². The molecule has 0 amide bonds. The number of aromatic nitrogens is 5. The smallest absolute Gasteiger partial charge is 0.257 e. The molecule has 0 bridgehead atoms. The van der Waals surface area contributed by atoms with Gasteiger partial charge in [-0.15, -0.1) is 0 Å². The van der Waals surface area contributed by atoms with E-state index in [1.165, 1.54) is 6.42 Å². The molecule has 0 spiro atoms. The molecule has 2 aromatic carbocycles. The predicted octanol–water partition coefficient (Wildman–Crippen LogP) is 5.13. The lowest BCUT2D eigenvalue weighted by molar-refractivity contribution is 0.566. The van der Waals surface area contributed by atoms with Crippen LogP contribution >= 0.6 is 0 Å². The van der Waals surface area contributed by atoms with Crippen LogP contribution in [0.4, 0.5) is 23.3 Å². The molecule has 2 aromatic heterocycles. The monoisotopic (exact) mass is 425 g/mol. The maximum Gasteiger partial charge on any atom is 0.257 e. The van der Waals surface area contributed by atoms with Crippen molar-refractivity contribution >= 4 is 23.3 Å². The lowest BCUT2D eigenvalue weighted by Crippen LogP contribution is -2.32. The van der Waals surface area contributed by atoms with Gasteiger partial charge in [-0.3, -0.25) is 4.90 Å². The molecule has 0 saturated carbocycles. The van der Waals surface area contributed by atoms with E-state index in [0.717, 1.165) is 48.7 Å². The summed E-state index contributed by atoms with van der Waals surface area (Å²) < 4.78 is 1.81. The molecular formula is C25H27N7. The van der Waals surface area contributed by atoms with Crippen LogP contribution in [0.15, 0.2) is 66.7 Å². The standard InChI is InChI=1S/C25H27N7/c1-19-18-20(2)32(29-19)25-27-23(30-16-10-5-11-17-30)26-24(28-25)31(21-12-6-3-7-13-21)22-14-8-4-9-15-22/h3-4,6-9,12-15,18H,5,10-11,16-17H2,1-2H3. The average molecular weight is 426 g/mol. The Balaban J connectivity index is 1.70. The van der Waals surface area contributed by atoms with Crippen molar-refractivity contribution in [3.05, 3.63) is 78.1 Å². The number of aryl methyl sites for hydroxylation is 2. The molecule has 32 heavy (non-hydrogen) atoms. The van der Waals surface area contributed by atoms with Crippen LogP contribution in [-0.4, -0.2) is 37.8 Å². The first kappa shape index (κ1) is 20.2. The van der Waals surface area contributed by atoms with Crippen molar-refractivity contribution < 1.29 is 0 Å². The van der Waals surface area contributed by atoms with Crippen LogP contribution in [0.25, 0.3) is 5.95 Å². The third-order valence-corrected chi connectivity index (χ3v) is 5.67. The minimum atomic E-state index is 0.540. The highest BCUT2D eigenvalue weighted by Gasteiger charge is 2.22. The van der Waals surface area contributed by atoms with E-state index in [9.17, 15) is 0 Å². The van der Waals surface area contributed by atoms with Gasteiger partial charge in [-0.2, -0.15) is 20.1 Å². The second-order valence-corrected chi connectivity index (χ2v) is 8.13. The molecule has 0 N–H and O–H groups in total. The molecule has 1 saturated heterocycles. The molecule has 162 valence electrons. The number of hydrogen-bond acceptors (Lipinski definition) is 6. The SMILES string of the molecule is Cc1cc(C)n(-c2nc(N3CCCCC3)nc(N(c3ccccc3)c3ccccc3)n2)n1. The van der Waals surface area contributed by atoms with Crippen LogP contribution < -0.4 is 9.80 Å². The summed E-state index contributed by atoms with van der Waals surface area (Å²) in [6.45, 7) is 5.92. The number of rotatable bonds is 5. The first-order chi connectivity index (χ1) is 15.7. The number of benzene rings is 2. The molecule has 5 rings (SSSR count). The van der Waals surface area contributed by atoms with Crippen molar-refractivity contribution in [2.24, 2.45) is 0 Å². The minimum Gasteiger partial charge on any atom is -0.341 e. The Labute approximate surface area is 188 Å². The molecule has 0 radical (unpaired) electrons. The zero-order chi connectivity index (χ0) is 21.9. The largest absolute Gasteiger partial charge is 0.341 e. The molecular weight excluding hydrogens is 398 g/mol. The van der Waals surface area contributed by atoms with Gasteiger partial charge in [0.25, 0.3) is 5.95 Å². The summed E-state index contributed by atoms with van der Waals surface area (Å²) in [5, 5.41) is 4.64. The van der Waals surface area contributed by atoms with E-state index in [-0.39, 0.29) is 0 Å². The second kappa shape index (κ2) is 8.78. The van der Waals surface area contributed by atoms with Gasteiger partial charge in [0.15, 0.2) is 0 Å². The van der Waals surface area contributed by atoms with E-state index in [0.29, 0.717) is 17.8 Å². The summed E-state index contributed by atoms with van der Waals surface area (Å²) in [4.78, 5) is 19.0. The molecule has 7 heteroatoms. The topological polar surface area (TPSA) is 63.0 Å². The zero-order valence-corrected chi connectivity index (χ0v) is 18.5. The van der Waals surface area contributed by atoms with Gasteiger partial charge in [0.2, 0.25) is 11.9 Å². The molecule has 7 nitrogen and oxygen atoms in total. The van der Waals surface area contributed by atoms with Crippen LogP contribution in [0.5, 0.6) is 0 Å². The zero-order valence-electron chi connectivity index (χ0n) is 18.5. The maximum absolute atomic E-state index is 4.96. The van der Waals surface area contributed by atoms with Gasteiger partial charge in [0.05, 0.1) is 5.69 Å². The van der Waals surface area contributed by atoms with Gasteiger partial charge in [0, 0.05) is 30.2 Å². The van der Waals surface area contributed by atoms with Gasteiger partial charge < -0.3 is 4.90 Å². The van der Waals surface area contributed by atoms with Gasteiger partial charge in [0.1, 0.15) is 0 Å². The average Bonchev–Trinajstić information content (AvgIpc) is 3.19. The Morgan fingerprint density at radius 3 is 1.88 bits per heavy atom. The molecule has 0 atom stereocenters. The number of para-hydroxylation sites is 2. The lowest BCUT2D eigenvalue weighted by Gasteiger charge is -2.29. The molecule has 3 heterocycles. The fourth-order valence-electron chi connectivity index (χ4n) is 4.14. The van der Waals surface area contributed by atoms with Crippen molar-refractivity contribution in [1.29, 1.82) is 0 Å². The number of nitrogens with zero attached hydrogens (tertiary/aromatic N) is 7. The maximum atomic E-state index is 4.96. The third kappa shape index (κ3) is 4.06. The summed E-state index contributed by atoms with van der Waals surface area (Å²) in [6.07, 6.45) is 3.55. The summed E-state index contributed by atoms with van der Waals surface area (Å²) >= 11 is 0. The number of hydrogen-bond donors (Lipinski definition) is 0. The van der Waals surface area contributed by atoms with Crippen LogP contribution in [0.2, 0.25) is 0 Å². The second-order valence-electron chi connectivity index (χ2n) is 8.13. The van der Waals surface area contributed by atoms with Crippen LogP contribution in [0.1, 0.15) is 30.7 Å². The van der Waals surface area contributed by atoms with Gasteiger partial charge in [-0.25, -0.2) is 4.68 Å². The quantitative estimate of drug-likeness (QED) is 0.441. The Morgan fingerprint density at radius 1 is 0.719 bits per heavy atom. The molecule has 4 aromatic rings. The fourth-order valence-corrected chi connectivity index (χ4v) is 4.14. The summed E-state index contributed by atoms with van der Waals surface area (Å²) in [5.74, 6) is 1.83. The normalized spacial score (nSPS) is 13.9. The third-order valence-electron chi connectivity index (χ3n) is 5.67.